The van der Waals surface area contributed by atoms with E-state index in [1.165, 1.54) is 38.5 Å². The van der Waals surface area contributed by atoms with Crippen LogP contribution in [0.4, 0.5) is 11.4 Å². The minimum atomic E-state index is -0.102. The van der Waals surface area contributed by atoms with Gasteiger partial charge in [0, 0.05) is 0 Å². The van der Waals surface area contributed by atoms with Gasteiger partial charge in [-0.2, -0.15) is 0 Å². The molecule has 6 nitrogen and oxygen atoms in total. The lowest BCUT2D eigenvalue weighted by atomic mass is 9.99. The summed E-state index contributed by atoms with van der Waals surface area (Å²) < 4.78 is 10.4. The zero-order chi connectivity index (χ0) is 14.9. The minimum absolute atomic E-state index is 0.102. The first kappa shape index (κ1) is 13.7. The third kappa shape index (κ3) is 2.01. The molecule has 0 aromatic heterocycles. The smallest absolute Gasteiger partial charge is 0.153 e. The van der Waals surface area contributed by atoms with E-state index in [1.807, 2.05) is 0 Å². The van der Waals surface area contributed by atoms with Crippen LogP contribution in [-0.4, -0.2) is 24.4 Å². The molecule has 0 aliphatic heterocycles. The maximum Gasteiger partial charge on any atom is 0.153 e. The zero-order valence-corrected chi connectivity index (χ0v) is 11.2. The molecule has 0 heterocycles. The molecular formula is C14H16N2O4. The molecule has 2 aromatic rings. The number of hydrogen-bond donors (Lipinski definition) is 4. The number of phenolic OH excluding ortho intramolecular Hbond substituents is 2. The Kier molecular flexibility index (Phi) is 3.47. The van der Waals surface area contributed by atoms with Gasteiger partial charge in [0.25, 0.3) is 0 Å². The van der Waals surface area contributed by atoms with Gasteiger partial charge in [-0.15, -0.1) is 0 Å². The molecule has 0 bridgehead atoms. The number of nitrogen functional groups attached to an aromatic ring is 2. The fraction of sp³-hybridized carbons (Fsp3) is 0.143. The van der Waals surface area contributed by atoms with Crippen LogP contribution in [0.15, 0.2) is 24.3 Å². The van der Waals surface area contributed by atoms with E-state index in [-0.39, 0.29) is 34.1 Å². The Balaban J connectivity index is 2.88. The second-order valence-electron chi connectivity index (χ2n) is 4.16. The molecule has 6 N–H and O–H groups in total. The van der Waals surface area contributed by atoms with E-state index < -0.39 is 0 Å². The first-order chi connectivity index (χ1) is 9.51. The van der Waals surface area contributed by atoms with Gasteiger partial charge in [-0.05, 0) is 24.3 Å². The largest absolute Gasteiger partial charge is 0.507 e. The Morgan fingerprint density at radius 1 is 0.750 bits per heavy atom. The molecule has 20 heavy (non-hydrogen) atoms. The number of rotatable bonds is 3. The van der Waals surface area contributed by atoms with Crippen LogP contribution in [0.5, 0.6) is 23.0 Å². The highest BCUT2D eigenvalue weighted by atomic mass is 16.5. The third-order valence-corrected chi connectivity index (χ3v) is 2.99. The molecule has 106 valence electrons. The number of methoxy groups -OCH3 is 2. The van der Waals surface area contributed by atoms with Gasteiger partial charge in [-0.25, -0.2) is 0 Å². The summed E-state index contributed by atoms with van der Waals surface area (Å²) in [5, 5.41) is 20.2. The number of benzene rings is 2. The molecule has 0 saturated heterocycles. The molecule has 0 radical (unpaired) electrons. The molecule has 0 aliphatic carbocycles. The van der Waals surface area contributed by atoms with Gasteiger partial charge in [0.15, 0.2) is 11.5 Å². The van der Waals surface area contributed by atoms with E-state index in [9.17, 15) is 10.2 Å². The first-order valence-corrected chi connectivity index (χ1v) is 5.82. The summed E-state index contributed by atoms with van der Waals surface area (Å²) in [4.78, 5) is 0. The Labute approximate surface area is 116 Å². The number of hydrogen-bond acceptors (Lipinski definition) is 6. The van der Waals surface area contributed by atoms with Crippen molar-refractivity contribution in [1.82, 2.24) is 0 Å². The highest BCUT2D eigenvalue weighted by Gasteiger charge is 2.23. The normalized spacial score (nSPS) is 10.3. The Bertz CT molecular complexity index is 599. The van der Waals surface area contributed by atoms with Gasteiger partial charge >= 0.3 is 0 Å². The molecule has 0 unspecified atom stereocenters. The van der Waals surface area contributed by atoms with E-state index in [4.69, 9.17) is 20.9 Å². The summed E-state index contributed by atoms with van der Waals surface area (Å²) in [5.74, 6) is 0.277. The lowest BCUT2D eigenvalue weighted by Crippen LogP contribution is -1.99. The van der Waals surface area contributed by atoms with E-state index in [2.05, 4.69) is 0 Å². The van der Waals surface area contributed by atoms with E-state index in [1.54, 1.807) is 0 Å². The number of nitrogens with two attached hydrogens (primary N) is 2. The van der Waals surface area contributed by atoms with Crippen molar-refractivity contribution >= 4 is 11.4 Å². The summed E-state index contributed by atoms with van der Waals surface area (Å²) in [6, 6.07) is 5.84. The Hall–Kier alpha value is -2.76. The van der Waals surface area contributed by atoms with Crippen molar-refractivity contribution in [3.8, 4) is 34.1 Å². The molecule has 0 amide bonds. The molecule has 6 heteroatoms. The van der Waals surface area contributed by atoms with Crippen LogP contribution >= 0.6 is 0 Å². The molecule has 0 spiro atoms. The topological polar surface area (TPSA) is 111 Å². The monoisotopic (exact) mass is 276 g/mol. The molecule has 2 aromatic carbocycles. The van der Waals surface area contributed by atoms with Gasteiger partial charge in [-0.1, -0.05) is 0 Å². The summed E-state index contributed by atoms with van der Waals surface area (Å²) in [5.41, 5.74) is 12.8. The van der Waals surface area contributed by atoms with Crippen molar-refractivity contribution in [3.63, 3.8) is 0 Å². The van der Waals surface area contributed by atoms with Crippen molar-refractivity contribution in [2.45, 2.75) is 0 Å². The lowest BCUT2D eigenvalue weighted by molar-refractivity contribution is 0.402. The van der Waals surface area contributed by atoms with Gasteiger partial charge in [0.05, 0.1) is 36.7 Å². The summed E-state index contributed by atoms with van der Waals surface area (Å²) in [6.45, 7) is 0. The van der Waals surface area contributed by atoms with Crippen LogP contribution in [0.25, 0.3) is 11.1 Å². The molecule has 0 fully saturated rings. The van der Waals surface area contributed by atoms with Gasteiger partial charge in [0.2, 0.25) is 0 Å². The van der Waals surface area contributed by atoms with Crippen molar-refractivity contribution in [3.05, 3.63) is 24.3 Å². The number of ether oxygens (including phenoxy) is 2. The first-order valence-electron chi connectivity index (χ1n) is 5.82. The minimum Gasteiger partial charge on any atom is -0.507 e. The fourth-order valence-corrected chi connectivity index (χ4v) is 2.10. The van der Waals surface area contributed by atoms with Crippen molar-refractivity contribution in [2.24, 2.45) is 0 Å². The molecular weight excluding hydrogens is 260 g/mol. The molecule has 0 saturated carbocycles. The average molecular weight is 276 g/mol. The number of aromatic hydroxyl groups is 2. The molecule has 2 rings (SSSR count). The van der Waals surface area contributed by atoms with Crippen LogP contribution in [0, 0.1) is 0 Å². The summed E-state index contributed by atoms with van der Waals surface area (Å²) in [6.07, 6.45) is 0. The van der Waals surface area contributed by atoms with Crippen molar-refractivity contribution in [2.75, 3.05) is 25.7 Å². The van der Waals surface area contributed by atoms with Crippen LogP contribution < -0.4 is 20.9 Å². The quantitative estimate of drug-likeness (QED) is 0.503. The highest BCUT2D eigenvalue weighted by molar-refractivity contribution is 5.91. The third-order valence-electron chi connectivity index (χ3n) is 2.99. The summed E-state index contributed by atoms with van der Waals surface area (Å²) in [7, 11) is 2.84. The Morgan fingerprint density at radius 3 is 1.40 bits per heavy atom. The van der Waals surface area contributed by atoms with Crippen LogP contribution in [-0.2, 0) is 0 Å². The highest BCUT2D eigenvalue weighted by Crippen LogP contribution is 2.50. The summed E-state index contributed by atoms with van der Waals surface area (Å²) >= 11 is 0. The number of anilines is 2. The van der Waals surface area contributed by atoms with E-state index >= 15 is 0 Å². The SMILES string of the molecule is COc1c(N)ccc(O)c1-c1c(O)ccc(N)c1OC. The molecule has 0 aliphatic rings. The van der Waals surface area contributed by atoms with Gasteiger partial charge in [-0.3, -0.25) is 0 Å². The van der Waals surface area contributed by atoms with Crippen molar-refractivity contribution in [1.29, 1.82) is 0 Å². The van der Waals surface area contributed by atoms with Crippen LogP contribution in [0.2, 0.25) is 0 Å². The maximum atomic E-state index is 10.1. The zero-order valence-electron chi connectivity index (χ0n) is 11.2. The fourth-order valence-electron chi connectivity index (χ4n) is 2.10. The molecule has 0 atom stereocenters. The second-order valence-corrected chi connectivity index (χ2v) is 4.16. The van der Waals surface area contributed by atoms with E-state index in [0.717, 1.165) is 0 Å². The predicted octanol–water partition coefficient (Wildman–Crippen LogP) is 1.95. The Morgan fingerprint density at radius 2 is 1.10 bits per heavy atom. The van der Waals surface area contributed by atoms with Crippen LogP contribution in [0.1, 0.15) is 0 Å². The lowest BCUT2D eigenvalue weighted by Gasteiger charge is -2.17. The number of phenols is 2. The standard InChI is InChI=1S/C14H16N2O4/c1-19-13-7(15)3-5-9(17)11(13)12-10(18)6-4-8(16)14(12)20-2/h3-6,17-18H,15-16H2,1-2H3. The predicted molar refractivity (Wildman–Crippen MR) is 77.1 cm³/mol. The van der Waals surface area contributed by atoms with E-state index in [0.29, 0.717) is 11.4 Å². The average Bonchev–Trinajstić information content (AvgIpc) is 2.43. The van der Waals surface area contributed by atoms with Crippen molar-refractivity contribution < 1.29 is 19.7 Å². The second kappa shape index (κ2) is 5.08. The maximum absolute atomic E-state index is 10.1. The van der Waals surface area contributed by atoms with Crippen LogP contribution in [0.3, 0.4) is 0 Å². The van der Waals surface area contributed by atoms with Gasteiger partial charge in [0.1, 0.15) is 11.5 Å². The van der Waals surface area contributed by atoms with Gasteiger partial charge < -0.3 is 31.2 Å².